The zero-order chi connectivity index (χ0) is 15.6. The van der Waals surface area contributed by atoms with Gasteiger partial charge in [-0.2, -0.15) is 0 Å². The smallest absolute Gasteiger partial charge is 0.273 e. The van der Waals surface area contributed by atoms with Crippen LogP contribution in [0.1, 0.15) is 30.8 Å². The van der Waals surface area contributed by atoms with Crippen LogP contribution in [-0.2, 0) is 16.1 Å². The maximum atomic E-state index is 12.4. The normalized spacial score (nSPS) is 20.4. The Morgan fingerprint density at radius 1 is 1.36 bits per heavy atom. The molecule has 114 valence electrons. The van der Waals surface area contributed by atoms with Gasteiger partial charge >= 0.3 is 0 Å². The van der Waals surface area contributed by atoms with Crippen molar-refractivity contribution in [1.29, 1.82) is 0 Å². The van der Waals surface area contributed by atoms with E-state index in [-0.39, 0.29) is 5.91 Å². The molecule has 0 radical (unpaired) electrons. The number of rotatable bonds is 4. The first-order valence-corrected chi connectivity index (χ1v) is 7.86. The van der Waals surface area contributed by atoms with E-state index in [1.807, 2.05) is 37.3 Å². The van der Waals surface area contributed by atoms with E-state index in [0.29, 0.717) is 11.6 Å². The molecule has 22 heavy (non-hydrogen) atoms. The molecule has 0 saturated carbocycles. The van der Waals surface area contributed by atoms with Crippen LogP contribution in [0.15, 0.2) is 35.5 Å². The Balaban J connectivity index is 1.69. The molecular formula is C15H16N4O2S. The molecule has 2 heterocycles. The van der Waals surface area contributed by atoms with E-state index in [2.05, 4.69) is 20.7 Å². The second-order valence-corrected chi connectivity index (χ2v) is 6.27. The van der Waals surface area contributed by atoms with Crippen LogP contribution in [-0.4, -0.2) is 27.4 Å². The van der Waals surface area contributed by atoms with E-state index in [4.69, 9.17) is 4.84 Å². The first kappa shape index (κ1) is 14.6. The van der Waals surface area contributed by atoms with Gasteiger partial charge in [0.15, 0.2) is 0 Å². The van der Waals surface area contributed by atoms with Crippen LogP contribution in [0.5, 0.6) is 0 Å². The molecule has 1 amide bonds. The molecule has 0 fully saturated rings. The molecule has 7 heteroatoms. The summed E-state index contributed by atoms with van der Waals surface area (Å²) in [5, 5.41) is 16.1. The average Bonchev–Trinajstić information content (AvgIpc) is 3.16. The maximum Gasteiger partial charge on any atom is 0.273 e. The number of anilines is 1. The zero-order valence-electron chi connectivity index (χ0n) is 12.4. The van der Waals surface area contributed by atoms with Gasteiger partial charge in [0.2, 0.25) is 10.7 Å². The quantitative estimate of drug-likeness (QED) is 0.940. The predicted octanol–water partition coefficient (Wildman–Crippen LogP) is 2.62. The molecule has 0 spiro atoms. The molecule has 1 aliphatic heterocycles. The Morgan fingerprint density at radius 3 is 2.82 bits per heavy atom. The van der Waals surface area contributed by atoms with E-state index >= 15 is 0 Å². The second-order valence-electron chi connectivity index (χ2n) is 5.21. The highest BCUT2D eigenvalue weighted by atomic mass is 32.1. The Bertz CT molecular complexity index is 713. The Morgan fingerprint density at radius 2 is 2.14 bits per heavy atom. The summed E-state index contributed by atoms with van der Waals surface area (Å²) in [6, 6.07) is 9.70. The number of nitrogens with zero attached hydrogens (tertiary/aromatic N) is 3. The lowest BCUT2D eigenvalue weighted by atomic mass is 9.95. The fourth-order valence-electron chi connectivity index (χ4n) is 2.12. The third-order valence-electron chi connectivity index (χ3n) is 3.44. The molecule has 1 N–H and O–H groups in total. The highest BCUT2D eigenvalue weighted by Crippen LogP contribution is 2.28. The number of oxime groups is 1. The molecule has 0 bridgehead atoms. The predicted molar refractivity (Wildman–Crippen MR) is 85.0 cm³/mol. The standard InChI is InChI=1S/C15H16N4O2S/c1-3-12-17-18-14(22-12)16-13(20)15(2)9-11(19-21-15)10-7-5-4-6-8-10/h4-8H,3,9H2,1-2H3,(H,16,18,20). The highest BCUT2D eigenvalue weighted by molar-refractivity contribution is 7.15. The molecule has 2 aromatic rings. The minimum atomic E-state index is -1.02. The molecule has 0 saturated heterocycles. The van der Waals surface area contributed by atoms with Crippen LogP contribution < -0.4 is 5.32 Å². The second kappa shape index (κ2) is 5.84. The maximum absolute atomic E-state index is 12.4. The van der Waals surface area contributed by atoms with Gasteiger partial charge in [0.25, 0.3) is 5.91 Å². The van der Waals surface area contributed by atoms with Gasteiger partial charge < -0.3 is 4.84 Å². The Labute approximate surface area is 132 Å². The van der Waals surface area contributed by atoms with Crippen molar-refractivity contribution in [2.24, 2.45) is 5.16 Å². The van der Waals surface area contributed by atoms with Crippen molar-refractivity contribution in [3.63, 3.8) is 0 Å². The lowest BCUT2D eigenvalue weighted by Gasteiger charge is -2.19. The van der Waals surface area contributed by atoms with Gasteiger partial charge in [-0.3, -0.25) is 10.1 Å². The molecular weight excluding hydrogens is 300 g/mol. The van der Waals surface area contributed by atoms with Crippen LogP contribution in [0.4, 0.5) is 5.13 Å². The summed E-state index contributed by atoms with van der Waals surface area (Å²) < 4.78 is 0. The number of amides is 1. The lowest BCUT2D eigenvalue weighted by molar-refractivity contribution is -0.135. The van der Waals surface area contributed by atoms with Crippen molar-refractivity contribution < 1.29 is 9.63 Å². The van der Waals surface area contributed by atoms with Crippen LogP contribution in [0.25, 0.3) is 0 Å². The van der Waals surface area contributed by atoms with Gasteiger partial charge in [0.1, 0.15) is 5.01 Å². The molecule has 3 rings (SSSR count). The number of nitrogens with one attached hydrogen (secondary N) is 1. The Hall–Kier alpha value is -2.28. The van der Waals surface area contributed by atoms with Gasteiger partial charge in [0, 0.05) is 6.42 Å². The highest BCUT2D eigenvalue weighted by Gasteiger charge is 2.42. The largest absolute Gasteiger partial charge is 0.379 e. The molecule has 1 aromatic heterocycles. The number of aryl methyl sites for hydroxylation is 1. The number of hydrogen-bond donors (Lipinski definition) is 1. The summed E-state index contributed by atoms with van der Waals surface area (Å²) in [6.07, 6.45) is 1.21. The van der Waals surface area contributed by atoms with E-state index in [0.717, 1.165) is 22.7 Å². The van der Waals surface area contributed by atoms with Gasteiger partial charge in [-0.05, 0) is 18.9 Å². The van der Waals surface area contributed by atoms with Gasteiger partial charge in [-0.25, -0.2) is 0 Å². The van der Waals surface area contributed by atoms with E-state index < -0.39 is 5.60 Å². The number of benzene rings is 1. The molecule has 1 aromatic carbocycles. The summed E-state index contributed by atoms with van der Waals surface area (Å²) in [6.45, 7) is 3.72. The van der Waals surface area contributed by atoms with Gasteiger partial charge in [-0.15, -0.1) is 10.2 Å². The minimum Gasteiger partial charge on any atom is -0.379 e. The molecule has 1 atom stereocenters. The van der Waals surface area contributed by atoms with Gasteiger partial charge in [0.05, 0.1) is 5.71 Å². The van der Waals surface area contributed by atoms with Crippen molar-refractivity contribution in [2.75, 3.05) is 5.32 Å². The van der Waals surface area contributed by atoms with E-state index in [1.165, 1.54) is 11.3 Å². The minimum absolute atomic E-state index is 0.263. The van der Waals surface area contributed by atoms with Crippen LogP contribution >= 0.6 is 11.3 Å². The number of carbonyl (C=O) groups is 1. The monoisotopic (exact) mass is 316 g/mol. The zero-order valence-corrected chi connectivity index (χ0v) is 13.2. The van der Waals surface area contributed by atoms with Crippen molar-refractivity contribution >= 4 is 28.1 Å². The summed E-state index contributed by atoms with van der Waals surface area (Å²) in [7, 11) is 0. The summed E-state index contributed by atoms with van der Waals surface area (Å²) in [4.78, 5) is 17.8. The molecule has 1 aliphatic rings. The third kappa shape index (κ3) is 2.85. The molecule has 6 nitrogen and oxygen atoms in total. The SMILES string of the molecule is CCc1nnc(NC(=O)C2(C)CC(c3ccccc3)=NO2)s1. The fraction of sp³-hybridized carbons (Fsp3) is 0.333. The Kier molecular flexibility index (Phi) is 3.89. The van der Waals surface area contributed by atoms with Crippen molar-refractivity contribution in [3.8, 4) is 0 Å². The van der Waals surface area contributed by atoms with Crippen molar-refractivity contribution in [2.45, 2.75) is 32.3 Å². The number of hydrogen-bond acceptors (Lipinski definition) is 6. The van der Waals surface area contributed by atoms with E-state index in [9.17, 15) is 4.79 Å². The third-order valence-corrected chi connectivity index (χ3v) is 4.42. The van der Waals surface area contributed by atoms with Gasteiger partial charge in [-0.1, -0.05) is 53.7 Å². The van der Waals surface area contributed by atoms with Crippen molar-refractivity contribution in [3.05, 3.63) is 40.9 Å². The fourth-order valence-corrected chi connectivity index (χ4v) is 2.80. The van der Waals surface area contributed by atoms with Crippen LogP contribution in [0.2, 0.25) is 0 Å². The van der Waals surface area contributed by atoms with Crippen LogP contribution in [0.3, 0.4) is 0 Å². The molecule has 0 aliphatic carbocycles. The average molecular weight is 316 g/mol. The topological polar surface area (TPSA) is 76.5 Å². The van der Waals surface area contributed by atoms with Crippen LogP contribution in [0, 0.1) is 0 Å². The number of carbonyl (C=O) groups excluding carboxylic acids is 1. The first-order chi connectivity index (χ1) is 10.6. The molecule has 1 unspecified atom stereocenters. The number of aromatic nitrogens is 2. The summed E-state index contributed by atoms with van der Waals surface area (Å²) >= 11 is 1.37. The summed E-state index contributed by atoms with van der Waals surface area (Å²) in [5.74, 6) is -0.263. The summed E-state index contributed by atoms with van der Waals surface area (Å²) in [5.41, 5.74) is 0.705. The van der Waals surface area contributed by atoms with Crippen molar-refractivity contribution in [1.82, 2.24) is 10.2 Å². The first-order valence-electron chi connectivity index (χ1n) is 7.05. The lowest BCUT2D eigenvalue weighted by Crippen LogP contribution is -2.40. The van der Waals surface area contributed by atoms with E-state index in [1.54, 1.807) is 6.92 Å².